The molecule has 1 aliphatic rings. The molecule has 9 heteroatoms. The van der Waals surface area contributed by atoms with E-state index in [1.165, 1.54) is 6.07 Å². The predicted molar refractivity (Wildman–Crippen MR) is 103 cm³/mol. The van der Waals surface area contributed by atoms with E-state index >= 15 is 0 Å². The fraction of sp³-hybridized carbons (Fsp3) is 0.300. The van der Waals surface area contributed by atoms with Crippen LogP contribution in [-0.2, 0) is 16.1 Å². The van der Waals surface area contributed by atoms with E-state index in [1.807, 2.05) is 12.1 Å². The van der Waals surface area contributed by atoms with Gasteiger partial charge in [-0.15, -0.1) is 0 Å². The molecule has 0 unspecified atom stereocenters. The van der Waals surface area contributed by atoms with Gasteiger partial charge in [-0.05, 0) is 35.6 Å². The highest BCUT2D eigenvalue weighted by Gasteiger charge is 2.27. The van der Waals surface area contributed by atoms with Gasteiger partial charge in [0.15, 0.2) is 0 Å². The molecule has 146 valence electrons. The number of ketones is 1. The molecule has 0 saturated heterocycles. The van der Waals surface area contributed by atoms with Crippen molar-refractivity contribution in [3.8, 4) is 29.6 Å². The van der Waals surface area contributed by atoms with E-state index in [4.69, 9.17) is 14.1 Å². The van der Waals surface area contributed by atoms with E-state index in [9.17, 15) is 20.3 Å². The summed E-state index contributed by atoms with van der Waals surface area (Å²) in [5, 5.41) is 28.4. The number of pyridine rings is 1. The lowest BCUT2D eigenvalue weighted by atomic mass is 9.80. The van der Waals surface area contributed by atoms with E-state index < -0.39 is 7.12 Å². The van der Waals surface area contributed by atoms with Crippen molar-refractivity contribution in [2.75, 3.05) is 6.61 Å². The topological polar surface area (TPSA) is 125 Å². The minimum atomic E-state index is -0.957. The quantitative estimate of drug-likeness (QED) is 0.535. The van der Waals surface area contributed by atoms with Crippen LogP contribution in [-0.4, -0.2) is 29.5 Å². The summed E-state index contributed by atoms with van der Waals surface area (Å²) < 4.78 is 16.5. The third-order valence-electron chi connectivity index (χ3n) is 4.42. The molecule has 0 bridgehead atoms. The summed E-state index contributed by atoms with van der Waals surface area (Å²) in [6.07, 6.45) is 1.36. The second-order valence-corrected chi connectivity index (χ2v) is 6.39. The molecule has 0 radical (unpaired) electrons. The first-order valence-corrected chi connectivity index (χ1v) is 9.15. The molecule has 2 aromatic rings. The molecule has 1 aliphatic heterocycles. The number of ether oxygens (including phenoxy) is 2. The molecule has 2 heterocycles. The Morgan fingerprint density at radius 1 is 1.28 bits per heavy atom. The van der Waals surface area contributed by atoms with Gasteiger partial charge in [0.2, 0.25) is 11.8 Å². The van der Waals surface area contributed by atoms with Gasteiger partial charge in [0.05, 0.1) is 13.2 Å². The maximum Gasteiger partial charge on any atom is 0.491 e. The normalized spacial score (nSPS) is 12.1. The number of hydrogen-bond acceptors (Lipinski definition) is 8. The number of aromatic nitrogens is 1. The molecule has 0 spiro atoms. The second-order valence-electron chi connectivity index (χ2n) is 6.39. The van der Waals surface area contributed by atoms with E-state index in [0.29, 0.717) is 30.5 Å². The number of nitrogens with zero attached hydrogens (tertiary/aromatic N) is 3. The summed E-state index contributed by atoms with van der Waals surface area (Å²) in [5.74, 6) is 0.599. The number of carbonyl (C=O) groups excluding carboxylic acids is 1. The van der Waals surface area contributed by atoms with Gasteiger partial charge < -0.3 is 19.2 Å². The van der Waals surface area contributed by atoms with Crippen molar-refractivity contribution in [1.29, 1.82) is 10.5 Å². The summed E-state index contributed by atoms with van der Waals surface area (Å²) in [7, 11) is -0.957. The average molecular weight is 391 g/mol. The van der Waals surface area contributed by atoms with Crippen molar-refractivity contribution in [3.05, 3.63) is 41.0 Å². The number of fused-ring (bicyclic) bond motifs is 1. The Morgan fingerprint density at radius 2 is 2.03 bits per heavy atom. The van der Waals surface area contributed by atoms with Crippen LogP contribution in [0.3, 0.4) is 0 Å². The van der Waals surface area contributed by atoms with Gasteiger partial charge in [-0.2, -0.15) is 15.5 Å². The number of nitriles is 2. The minimum Gasteiger partial charge on any atom is -0.477 e. The SMILES string of the molecule is CCC(=O)CCCOc1nc(Oc2ccc3c(c2)COB3O)c(C#N)cc1C#N. The fourth-order valence-corrected chi connectivity index (χ4v) is 2.83. The number of rotatable bonds is 8. The summed E-state index contributed by atoms with van der Waals surface area (Å²) >= 11 is 0. The smallest absolute Gasteiger partial charge is 0.477 e. The summed E-state index contributed by atoms with van der Waals surface area (Å²) in [6, 6.07) is 10.3. The molecule has 0 atom stereocenters. The summed E-state index contributed by atoms with van der Waals surface area (Å²) in [5.41, 5.74) is 1.64. The third-order valence-corrected chi connectivity index (χ3v) is 4.42. The van der Waals surface area contributed by atoms with Crippen LogP contribution < -0.4 is 14.9 Å². The zero-order chi connectivity index (χ0) is 20.8. The molecule has 0 saturated carbocycles. The Morgan fingerprint density at radius 3 is 2.76 bits per heavy atom. The molecular formula is C20H18BN3O5. The Hall–Kier alpha value is -3.40. The minimum absolute atomic E-state index is 0.00514. The van der Waals surface area contributed by atoms with E-state index in [0.717, 1.165) is 5.56 Å². The van der Waals surface area contributed by atoms with Gasteiger partial charge in [-0.3, -0.25) is 4.79 Å². The zero-order valence-electron chi connectivity index (χ0n) is 15.8. The van der Waals surface area contributed by atoms with Gasteiger partial charge >= 0.3 is 7.12 Å². The number of Topliss-reactive ketones (excluding diaryl/α,β-unsaturated/α-hetero) is 1. The zero-order valence-corrected chi connectivity index (χ0v) is 15.8. The molecule has 0 aliphatic carbocycles. The lowest BCUT2D eigenvalue weighted by Gasteiger charge is -2.11. The van der Waals surface area contributed by atoms with Gasteiger partial charge in [0.1, 0.15) is 34.8 Å². The highest BCUT2D eigenvalue weighted by atomic mass is 16.5. The highest BCUT2D eigenvalue weighted by Crippen LogP contribution is 2.29. The van der Waals surface area contributed by atoms with Crippen LogP contribution >= 0.6 is 0 Å². The van der Waals surface area contributed by atoms with E-state index in [1.54, 1.807) is 25.1 Å². The first-order valence-electron chi connectivity index (χ1n) is 9.15. The maximum absolute atomic E-state index is 11.4. The molecule has 0 amide bonds. The molecule has 8 nitrogen and oxygen atoms in total. The van der Waals surface area contributed by atoms with Crippen LogP contribution in [0.25, 0.3) is 0 Å². The van der Waals surface area contributed by atoms with Crippen LogP contribution in [0.2, 0.25) is 0 Å². The molecular weight excluding hydrogens is 373 g/mol. The highest BCUT2D eigenvalue weighted by molar-refractivity contribution is 6.61. The molecule has 1 aromatic heterocycles. The van der Waals surface area contributed by atoms with Gasteiger partial charge in [0.25, 0.3) is 0 Å². The van der Waals surface area contributed by atoms with Crippen LogP contribution in [0, 0.1) is 22.7 Å². The van der Waals surface area contributed by atoms with Crippen LogP contribution in [0.1, 0.15) is 42.9 Å². The van der Waals surface area contributed by atoms with Crippen LogP contribution in [0.15, 0.2) is 24.3 Å². The first-order chi connectivity index (χ1) is 14.0. The van der Waals surface area contributed by atoms with Crippen molar-refractivity contribution in [3.63, 3.8) is 0 Å². The van der Waals surface area contributed by atoms with E-state index in [-0.39, 0.29) is 41.9 Å². The van der Waals surface area contributed by atoms with Gasteiger partial charge in [-0.1, -0.05) is 13.0 Å². The van der Waals surface area contributed by atoms with Gasteiger partial charge in [-0.25, -0.2) is 0 Å². The summed E-state index contributed by atoms with van der Waals surface area (Å²) in [4.78, 5) is 15.6. The first kappa shape index (κ1) is 20.3. The molecule has 1 N–H and O–H groups in total. The Kier molecular flexibility index (Phi) is 6.45. The molecule has 3 rings (SSSR count). The van der Waals surface area contributed by atoms with Crippen molar-refractivity contribution in [2.24, 2.45) is 0 Å². The summed E-state index contributed by atoms with van der Waals surface area (Å²) in [6.45, 7) is 2.27. The van der Waals surface area contributed by atoms with Crippen molar-refractivity contribution in [1.82, 2.24) is 4.98 Å². The van der Waals surface area contributed by atoms with Crippen molar-refractivity contribution in [2.45, 2.75) is 32.8 Å². The van der Waals surface area contributed by atoms with Gasteiger partial charge in [0, 0.05) is 12.8 Å². The lowest BCUT2D eigenvalue weighted by molar-refractivity contribution is -0.118. The average Bonchev–Trinajstić information content (AvgIpc) is 3.11. The number of benzene rings is 1. The monoisotopic (exact) mass is 391 g/mol. The molecule has 29 heavy (non-hydrogen) atoms. The molecule has 0 fully saturated rings. The van der Waals surface area contributed by atoms with Crippen LogP contribution in [0.5, 0.6) is 17.5 Å². The van der Waals surface area contributed by atoms with E-state index in [2.05, 4.69) is 4.98 Å². The van der Waals surface area contributed by atoms with Crippen molar-refractivity contribution >= 4 is 18.4 Å². The fourth-order valence-electron chi connectivity index (χ4n) is 2.83. The largest absolute Gasteiger partial charge is 0.491 e. The number of carbonyl (C=O) groups is 1. The predicted octanol–water partition coefficient (Wildman–Crippen LogP) is 1.97. The third kappa shape index (κ3) is 4.72. The standard InChI is InChI=1S/C20H18BN3O5/c1-2-16(25)4-3-7-27-19-13(10-22)8-14(11-23)20(24-19)29-17-5-6-18-15(9-17)12-28-21(18)26/h5-6,8-9,26H,2-4,7,12H2,1H3. The van der Waals surface area contributed by atoms with Crippen LogP contribution in [0.4, 0.5) is 0 Å². The van der Waals surface area contributed by atoms with Crippen molar-refractivity contribution < 1.29 is 23.9 Å². The molecule has 1 aromatic carbocycles. The Labute approximate surface area is 168 Å². The lowest BCUT2D eigenvalue weighted by Crippen LogP contribution is -2.27. The maximum atomic E-state index is 11.4. The Bertz CT molecular complexity index is 1010. The second kappa shape index (κ2) is 9.20. The Balaban J connectivity index is 1.80. The number of hydrogen-bond donors (Lipinski definition) is 1.